The topological polar surface area (TPSA) is 68.0 Å². The molecule has 184 valence electrons. The number of benzene rings is 1. The van der Waals surface area contributed by atoms with E-state index in [2.05, 4.69) is 24.2 Å². The smallest absolute Gasteiger partial charge is 0.160 e. The number of ketones is 1. The molecule has 0 bridgehead atoms. The van der Waals surface area contributed by atoms with E-state index in [1.807, 2.05) is 42.8 Å². The number of aliphatic hydroxyl groups is 1. The van der Waals surface area contributed by atoms with Gasteiger partial charge in [-0.15, -0.1) is 5.10 Å². The van der Waals surface area contributed by atoms with Crippen LogP contribution in [0.1, 0.15) is 91.5 Å². The van der Waals surface area contributed by atoms with Crippen LogP contribution in [-0.4, -0.2) is 31.5 Å². The van der Waals surface area contributed by atoms with Gasteiger partial charge in [-0.3, -0.25) is 4.79 Å². The van der Waals surface area contributed by atoms with Gasteiger partial charge in [0.05, 0.1) is 11.1 Å². The Morgan fingerprint density at radius 1 is 1.00 bits per heavy atom. The second kappa shape index (κ2) is 7.62. The van der Waals surface area contributed by atoms with Gasteiger partial charge in [0, 0.05) is 5.92 Å². The normalized spacial score (nSPS) is 44.8. The van der Waals surface area contributed by atoms with Gasteiger partial charge in [0.2, 0.25) is 0 Å². The molecule has 4 saturated carbocycles. The molecule has 1 heterocycles. The maximum atomic E-state index is 14.0. The monoisotopic (exact) mass is 463 g/mol. The number of nitrogens with zero attached hydrogens (tertiary/aromatic N) is 3. The Morgan fingerprint density at radius 3 is 2.59 bits per heavy atom. The molecule has 5 nitrogen and oxygen atoms in total. The van der Waals surface area contributed by atoms with Crippen LogP contribution in [0.4, 0.5) is 0 Å². The van der Waals surface area contributed by atoms with Crippen LogP contribution in [0.15, 0.2) is 24.3 Å². The third kappa shape index (κ3) is 3.18. The molecule has 1 aromatic heterocycles. The summed E-state index contributed by atoms with van der Waals surface area (Å²) in [5.41, 5.74) is 1.79. The average Bonchev–Trinajstić information content (AvgIpc) is 3.39. The number of carbonyl (C=O) groups is 1. The molecule has 0 saturated heterocycles. The largest absolute Gasteiger partial charge is 0.390 e. The molecule has 0 radical (unpaired) electrons. The predicted molar refractivity (Wildman–Crippen MR) is 133 cm³/mol. The number of para-hydroxylation sites is 1. The molecule has 4 fully saturated rings. The third-order valence-corrected chi connectivity index (χ3v) is 11.5. The van der Waals surface area contributed by atoms with Crippen molar-refractivity contribution in [2.45, 2.75) is 97.1 Å². The van der Waals surface area contributed by atoms with E-state index in [1.54, 1.807) is 0 Å². The molecule has 0 spiro atoms. The molecule has 1 aromatic carbocycles. The first-order valence-corrected chi connectivity index (χ1v) is 13.7. The van der Waals surface area contributed by atoms with Crippen molar-refractivity contribution in [1.29, 1.82) is 0 Å². The standard InChI is InChI=1S/C29H41N3O2/c1-18(32-25-8-6-5-7-24(25)30-31-32)26(33)23-12-11-21-20-10-9-19-17-27(2,34)15-16-28(19,3)22(20)13-14-29(21,23)4/h5-8,18-23,34H,9-17H2,1-4H3/t18?,19-,20-,21-,22-,23+,27+,28-,29-/m0/s1. The molecule has 6 rings (SSSR count). The zero-order valence-electron chi connectivity index (χ0n) is 21.3. The van der Waals surface area contributed by atoms with Gasteiger partial charge in [-0.05, 0) is 118 Å². The molecule has 34 heavy (non-hydrogen) atoms. The maximum Gasteiger partial charge on any atom is 0.160 e. The van der Waals surface area contributed by atoms with Crippen LogP contribution < -0.4 is 0 Å². The summed E-state index contributed by atoms with van der Waals surface area (Å²) in [4.78, 5) is 14.0. The van der Waals surface area contributed by atoms with Gasteiger partial charge in [-0.1, -0.05) is 31.2 Å². The molecule has 4 aliphatic carbocycles. The fraction of sp³-hybridized carbons (Fsp3) is 0.759. The minimum Gasteiger partial charge on any atom is -0.390 e. The van der Waals surface area contributed by atoms with E-state index in [9.17, 15) is 9.90 Å². The van der Waals surface area contributed by atoms with Gasteiger partial charge in [0.15, 0.2) is 5.78 Å². The molecule has 5 heteroatoms. The van der Waals surface area contributed by atoms with Crippen LogP contribution in [0, 0.1) is 40.4 Å². The lowest BCUT2D eigenvalue weighted by Gasteiger charge is -2.61. The highest BCUT2D eigenvalue weighted by Gasteiger charge is 2.62. The Balaban J connectivity index is 1.25. The number of hydrogen-bond acceptors (Lipinski definition) is 4. The highest BCUT2D eigenvalue weighted by Crippen LogP contribution is 2.68. The Hall–Kier alpha value is -1.75. The Labute approximate surface area is 203 Å². The van der Waals surface area contributed by atoms with Crippen LogP contribution in [0.2, 0.25) is 0 Å². The van der Waals surface area contributed by atoms with Gasteiger partial charge in [0.1, 0.15) is 11.6 Å². The van der Waals surface area contributed by atoms with Gasteiger partial charge in [-0.2, -0.15) is 0 Å². The van der Waals surface area contributed by atoms with Crippen LogP contribution in [0.5, 0.6) is 0 Å². The van der Waals surface area contributed by atoms with Crippen LogP contribution in [0.3, 0.4) is 0 Å². The Morgan fingerprint density at radius 2 is 1.76 bits per heavy atom. The summed E-state index contributed by atoms with van der Waals surface area (Å²) in [5.74, 6) is 3.28. The van der Waals surface area contributed by atoms with Crippen LogP contribution in [0.25, 0.3) is 11.0 Å². The lowest BCUT2D eigenvalue weighted by atomic mass is 9.44. The number of rotatable bonds is 3. The second-order valence-corrected chi connectivity index (χ2v) is 13.1. The molecular formula is C29H41N3O2. The van der Waals surface area contributed by atoms with E-state index in [4.69, 9.17) is 0 Å². The third-order valence-electron chi connectivity index (χ3n) is 11.5. The summed E-state index contributed by atoms with van der Waals surface area (Å²) >= 11 is 0. The molecule has 9 atom stereocenters. The summed E-state index contributed by atoms with van der Waals surface area (Å²) in [7, 11) is 0. The second-order valence-electron chi connectivity index (χ2n) is 13.1. The summed E-state index contributed by atoms with van der Waals surface area (Å²) in [5, 5.41) is 19.4. The van der Waals surface area contributed by atoms with Crippen molar-refractivity contribution >= 4 is 16.8 Å². The van der Waals surface area contributed by atoms with Crippen molar-refractivity contribution in [2.75, 3.05) is 0 Å². The Bertz CT molecular complexity index is 1110. The van der Waals surface area contributed by atoms with Gasteiger partial charge in [-0.25, -0.2) is 4.68 Å². The highest BCUT2D eigenvalue weighted by atomic mass is 16.3. The lowest BCUT2D eigenvalue weighted by molar-refractivity contribution is -0.151. The molecule has 4 aliphatic rings. The summed E-state index contributed by atoms with van der Waals surface area (Å²) in [6.45, 7) is 9.05. The van der Waals surface area contributed by atoms with E-state index in [1.165, 1.54) is 32.1 Å². The van der Waals surface area contributed by atoms with Crippen molar-refractivity contribution in [3.63, 3.8) is 0 Å². The molecule has 0 amide bonds. The summed E-state index contributed by atoms with van der Waals surface area (Å²) in [6.07, 6.45) is 10.2. The molecule has 2 aromatic rings. The lowest BCUT2D eigenvalue weighted by Crippen LogP contribution is -2.55. The number of aromatic nitrogens is 3. The zero-order valence-corrected chi connectivity index (χ0v) is 21.3. The van der Waals surface area contributed by atoms with E-state index in [-0.39, 0.29) is 17.4 Å². The van der Waals surface area contributed by atoms with Crippen LogP contribution >= 0.6 is 0 Å². The fourth-order valence-corrected chi connectivity index (χ4v) is 9.48. The van der Waals surface area contributed by atoms with E-state index >= 15 is 0 Å². The number of fused-ring (bicyclic) bond motifs is 6. The molecular weight excluding hydrogens is 422 g/mol. The molecule has 1 unspecified atom stereocenters. The number of Topliss-reactive ketones (excluding diaryl/α,β-unsaturated/α-hetero) is 1. The quantitative estimate of drug-likeness (QED) is 0.609. The van der Waals surface area contributed by atoms with Crippen molar-refractivity contribution in [3.8, 4) is 0 Å². The van der Waals surface area contributed by atoms with Crippen LogP contribution in [-0.2, 0) is 4.79 Å². The average molecular weight is 464 g/mol. The predicted octanol–water partition coefficient (Wildman–Crippen LogP) is 5.97. The van der Waals surface area contributed by atoms with Crippen molar-refractivity contribution in [3.05, 3.63) is 24.3 Å². The summed E-state index contributed by atoms with van der Waals surface area (Å²) in [6, 6.07) is 7.67. The summed E-state index contributed by atoms with van der Waals surface area (Å²) < 4.78 is 1.85. The highest BCUT2D eigenvalue weighted by molar-refractivity contribution is 5.87. The first kappa shape index (κ1) is 22.7. The van der Waals surface area contributed by atoms with E-state index in [0.29, 0.717) is 23.0 Å². The number of hydrogen-bond donors (Lipinski definition) is 1. The number of carbonyl (C=O) groups excluding carboxylic acids is 1. The van der Waals surface area contributed by atoms with Crippen molar-refractivity contribution in [1.82, 2.24) is 15.0 Å². The molecule has 1 N–H and O–H groups in total. The Kier molecular flexibility index (Phi) is 5.09. The van der Waals surface area contributed by atoms with E-state index in [0.717, 1.165) is 48.6 Å². The minimum absolute atomic E-state index is 0.103. The first-order valence-electron chi connectivity index (χ1n) is 13.7. The van der Waals surface area contributed by atoms with E-state index < -0.39 is 5.60 Å². The maximum absolute atomic E-state index is 14.0. The minimum atomic E-state index is -0.479. The van der Waals surface area contributed by atoms with Gasteiger partial charge < -0.3 is 5.11 Å². The first-order chi connectivity index (χ1) is 16.1. The fourth-order valence-electron chi connectivity index (χ4n) is 9.48. The SMILES string of the molecule is CC(C(=O)[C@H]1CC[C@H]2[C@@H]3CC[C@H]4C[C@](C)(O)CC[C@]4(C)[C@H]3CC[C@]12C)n1nnc2ccccc21. The van der Waals surface area contributed by atoms with Crippen molar-refractivity contribution < 1.29 is 9.90 Å². The van der Waals surface area contributed by atoms with Gasteiger partial charge >= 0.3 is 0 Å². The molecule has 0 aliphatic heterocycles. The van der Waals surface area contributed by atoms with Crippen molar-refractivity contribution in [2.24, 2.45) is 40.4 Å². The zero-order chi connectivity index (χ0) is 23.9. The van der Waals surface area contributed by atoms with Gasteiger partial charge in [0.25, 0.3) is 0 Å².